The van der Waals surface area contributed by atoms with Gasteiger partial charge in [0.1, 0.15) is 5.75 Å². The molecule has 0 aromatic heterocycles. The van der Waals surface area contributed by atoms with E-state index in [2.05, 4.69) is 34.7 Å². The van der Waals surface area contributed by atoms with E-state index < -0.39 is 0 Å². The minimum absolute atomic E-state index is 0.108. The molecule has 0 N–H and O–H groups in total. The fourth-order valence-electron chi connectivity index (χ4n) is 3.32. The van der Waals surface area contributed by atoms with E-state index in [1.807, 2.05) is 25.1 Å². The molecule has 0 aliphatic carbocycles. The van der Waals surface area contributed by atoms with Crippen LogP contribution in [0.4, 0.5) is 0 Å². The maximum atomic E-state index is 11.6. The zero-order valence-electron chi connectivity index (χ0n) is 15.6. The zero-order valence-corrected chi connectivity index (χ0v) is 17.2. The van der Waals surface area contributed by atoms with E-state index in [1.165, 1.54) is 0 Å². The van der Waals surface area contributed by atoms with Crippen molar-refractivity contribution in [2.45, 2.75) is 46.5 Å². The number of hydrogen-bond donors (Lipinski definition) is 0. The first-order valence-corrected chi connectivity index (χ1v) is 9.99. The summed E-state index contributed by atoms with van der Waals surface area (Å²) in [6.07, 6.45) is 4.47. The number of halogens is 1. The van der Waals surface area contributed by atoms with Gasteiger partial charge in [-0.05, 0) is 70.2 Å². The van der Waals surface area contributed by atoms with Crippen LogP contribution < -0.4 is 4.74 Å². The van der Waals surface area contributed by atoms with Gasteiger partial charge in [-0.1, -0.05) is 28.9 Å². The Balaban J connectivity index is 1.69. The minimum atomic E-state index is -0.108. The van der Waals surface area contributed by atoms with Crippen LogP contribution in [-0.2, 0) is 9.53 Å². The molecule has 1 heterocycles. The molecule has 1 saturated heterocycles. The Morgan fingerprint density at radius 3 is 2.72 bits per heavy atom. The maximum Gasteiger partial charge on any atom is 0.320 e. The molecule has 0 saturated carbocycles. The van der Waals surface area contributed by atoms with Gasteiger partial charge in [-0.2, -0.15) is 0 Å². The molecule has 1 aromatic carbocycles. The Kier molecular flexibility index (Phi) is 7.76. The molecule has 0 unspecified atom stereocenters. The number of esters is 1. The lowest BCUT2D eigenvalue weighted by Gasteiger charge is -2.39. The molecular formula is C20H30BrNO3. The Bertz CT molecular complexity index is 568. The van der Waals surface area contributed by atoms with Crippen LogP contribution in [-0.4, -0.2) is 43.7 Å². The van der Waals surface area contributed by atoms with Crippen molar-refractivity contribution in [3.8, 4) is 5.75 Å². The zero-order chi connectivity index (χ0) is 18.3. The van der Waals surface area contributed by atoms with Crippen LogP contribution in [0.15, 0.2) is 22.7 Å². The Labute approximate surface area is 160 Å². The summed E-state index contributed by atoms with van der Waals surface area (Å²) in [5.41, 5.74) is 1.50. The first-order chi connectivity index (χ1) is 11.9. The molecule has 1 aliphatic rings. The lowest BCUT2D eigenvalue weighted by atomic mass is 9.77. The monoisotopic (exact) mass is 411 g/mol. The third-order valence-corrected chi connectivity index (χ3v) is 5.98. The van der Waals surface area contributed by atoms with Gasteiger partial charge in [0.2, 0.25) is 0 Å². The quantitative estimate of drug-likeness (QED) is 0.463. The molecule has 1 aromatic rings. The molecule has 1 fully saturated rings. The Morgan fingerprint density at radius 2 is 2.04 bits per heavy atom. The number of nitrogens with zero attached hydrogens (tertiary/aromatic N) is 1. The van der Waals surface area contributed by atoms with Crippen molar-refractivity contribution in [2.24, 2.45) is 5.41 Å². The Hall–Kier alpha value is -1.07. The van der Waals surface area contributed by atoms with Crippen molar-refractivity contribution in [1.82, 2.24) is 4.90 Å². The highest BCUT2D eigenvalue weighted by Crippen LogP contribution is 2.35. The van der Waals surface area contributed by atoms with Crippen molar-refractivity contribution in [3.05, 3.63) is 28.2 Å². The normalized spacial score (nSPS) is 17.3. The highest BCUT2D eigenvalue weighted by atomic mass is 79.9. The van der Waals surface area contributed by atoms with Gasteiger partial charge in [0.15, 0.2) is 0 Å². The van der Waals surface area contributed by atoms with Crippen LogP contribution >= 0.6 is 15.9 Å². The van der Waals surface area contributed by atoms with E-state index in [-0.39, 0.29) is 5.97 Å². The number of carbonyl (C=O) groups is 1. The van der Waals surface area contributed by atoms with E-state index in [4.69, 9.17) is 9.47 Å². The van der Waals surface area contributed by atoms with Crippen LogP contribution in [0.2, 0.25) is 0 Å². The van der Waals surface area contributed by atoms with Gasteiger partial charge in [0.25, 0.3) is 0 Å². The SMILES string of the molecule is CCOC(=O)CN1CCC(C)(CCCOc2cccc(Br)c2C)CC1. The Morgan fingerprint density at radius 1 is 1.32 bits per heavy atom. The molecule has 0 bridgehead atoms. The van der Waals surface area contributed by atoms with E-state index >= 15 is 0 Å². The number of hydrogen-bond acceptors (Lipinski definition) is 4. The predicted octanol–water partition coefficient (Wildman–Crippen LogP) is 4.58. The average molecular weight is 412 g/mol. The topological polar surface area (TPSA) is 38.8 Å². The van der Waals surface area contributed by atoms with Gasteiger partial charge in [0.05, 0.1) is 19.8 Å². The smallest absolute Gasteiger partial charge is 0.320 e. The van der Waals surface area contributed by atoms with Gasteiger partial charge in [-0.25, -0.2) is 0 Å². The summed E-state index contributed by atoms with van der Waals surface area (Å²) in [6, 6.07) is 6.07. The third-order valence-electron chi connectivity index (χ3n) is 5.12. The highest BCUT2D eigenvalue weighted by Gasteiger charge is 2.30. The van der Waals surface area contributed by atoms with Crippen LogP contribution in [0.5, 0.6) is 5.75 Å². The second-order valence-corrected chi connectivity index (χ2v) is 8.06. The molecule has 0 atom stereocenters. The maximum absolute atomic E-state index is 11.6. The first kappa shape index (κ1) is 20.2. The van der Waals surface area contributed by atoms with Crippen molar-refractivity contribution in [1.29, 1.82) is 0 Å². The van der Waals surface area contributed by atoms with Crippen molar-refractivity contribution in [3.63, 3.8) is 0 Å². The molecule has 0 amide bonds. The predicted molar refractivity (Wildman–Crippen MR) is 104 cm³/mol. The van der Waals surface area contributed by atoms with Gasteiger partial charge in [-0.15, -0.1) is 0 Å². The fourth-order valence-corrected chi connectivity index (χ4v) is 3.66. The second-order valence-electron chi connectivity index (χ2n) is 7.21. The largest absolute Gasteiger partial charge is 0.493 e. The van der Waals surface area contributed by atoms with Crippen molar-refractivity contribution in [2.75, 3.05) is 32.8 Å². The summed E-state index contributed by atoms with van der Waals surface area (Å²) < 4.78 is 12.1. The van der Waals surface area contributed by atoms with Gasteiger partial charge in [0, 0.05) is 10.0 Å². The number of likely N-dealkylation sites (tertiary alicyclic amines) is 1. The van der Waals surface area contributed by atoms with Crippen LogP contribution in [0.3, 0.4) is 0 Å². The molecule has 25 heavy (non-hydrogen) atoms. The summed E-state index contributed by atoms with van der Waals surface area (Å²) in [6.45, 7) is 9.86. The first-order valence-electron chi connectivity index (χ1n) is 9.19. The molecule has 4 nitrogen and oxygen atoms in total. The average Bonchev–Trinajstić information content (AvgIpc) is 2.58. The summed E-state index contributed by atoms with van der Waals surface area (Å²) in [5.74, 6) is 0.854. The molecule has 0 radical (unpaired) electrons. The molecule has 1 aliphatic heterocycles. The number of piperidine rings is 1. The van der Waals surface area contributed by atoms with Crippen LogP contribution in [0, 0.1) is 12.3 Å². The van der Waals surface area contributed by atoms with Gasteiger partial charge < -0.3 is 9.47 Å². The molecule has 2 rings (SSSR count). The van der Waals surface area contributed by atoms with Crippen LogP contribution in [0.1, 0.15) is 45.1 Å². The standard InChI is InChI=1S/C20H30BrNO3/c1-4-24-19(23)15-22-12-10-20(3,11-13-22)9-6-14-25-18-8-5-7-17(21)16(18)2/h5,7-8H,4,6,9-15H2,1-3H3. The lowest BCUT2D eigenvalue weighted by Crippen LogP contribution is -2.41. The van der Waals surface area contributed by atoms with E-state index in [0.717, 1.165) is 61.2 Å². The number of carbonyl (C=O) groups excluding carboxylic acids is 1. The molecule has 0 spiro atoms. The lowest BCUT2D eigenvalue weighted by molar-refractivity contribution is -0.145. The summed E-state index contributed by atoms with van der Waals surface area (Å²) in [5, 5.41) is 0. The third kappa shape index (κ3) is 6.30. The molecule has 140 valence electrons. The van der Waals surface area contributed by atoms with E-state index in [9.17, 15) is 4.79 Å². The molecular weight excluding hydrogens is 382 g/mol. The summed E-state index contributed by atoms with van der Waals surface area (Å²) in [4.78, 5) is 13.8. The second kappa shape index (κ2) is 9.58. The minimum Gasteiger partial charge on any atom is -0.493 e. The number of rotatable bonds is 8. The number of ether oxygens (including phenoxy) is 2. The molecule has 5 heteroatoms. The van der Waals surface area contributed by atoms with Gasteiger partial charge in [-0.3, -0.25) is 9.69 Å². The van der Waals surface area contributed by atoms with E-state index in [0.29, 0.717) is 18.6 Å². The highest BCUT2D eigenvalue weighted by molar-refractivity contribution is 9.10. The van der Waals surface area contributed by atoms with E-state index in [1.54, 1.807) is 0 Å². The van der Waals surface area contributed by atoms with Crippen LogP contribution in [0.25, 0.3) is 0 Å². The van der Waals surface area contributed by atoms with Crippen molar-refractivity contribution >= 4 is 21.9 Å². The summed E-state index contributed by atoms with van der Waals surface area (Å²) in [7, 11) is 0. The summed E-state index contributed by atoms with van der Waals surface area (Å²) >= 11 is 3.54. The van der Waals surface area contributed by atoms with Gasteiger partial charge >= 0.3 is 5.97 Å². The fraction of sp³-hybridized carbons (Fsp3) is 0.650. The number of benzene rings is 1. The van der Waals surface area contributed by atoms with Crippen molar-refractivity contribution < 1.29 is 14.3 Å².